The normalized spacial score (nSPS) is 11.3. The summed E-state index contributed by atoms with van der Waals surface area (Å²) in [6.45, 7) is 5.79. The molecule has 0 spiro atoms. The standard InChI is InChI=1S/C21H26N2O4S/c1-5-14-23(28(25,26)20-12-10-19(27-4)11-13-20)16-21(24)22(3)15-18-9-7-6-8-17(18)2/h5-13H,1,14-16H2,2-4H3. The molecule has 0 aliphatic carbocycles. The summed E-state index contributed by atoms with van der Waals surface area (Å²) in [6.07, 6.45) is 1.47. The summed E-state index contributed by atoms with van der Waals surface area (Å²) in [5.74, 6) is 0.269. The lowest BCUT2D eigenvalue weighted by molar-refractivity contribution is -0.130. The van der Waals surface area contributed by atoms with Gasteiger partial charge in [0.15, 0.2) is 0 Å². The maximum atomic E-state index is 13.0. The molecule has 0 aliphatic rings. The molecule has 1 amide bonds. The first-order chi connectivity index (χ1) is 13.3. The molecule has 150 valence electrons. The maximum Gasteiger partial charge on any atom is 0.243 e. The molecule has 2 aromatic carbocycles. The minimum absolute atomic E-state index is 0.0400. The van der Waals surface area contributed by atoms with E-state index in [1.54, 1.807) is 19.2 Å². The van der Waals surface area contributed by atoms with Gasteiger partial charge in [-0.1, -0.05) is 30.3 Å². The number of ether oxygens (including phenoxy) is 1. The van der Waals surface area contributed by atoms with E-state index in [9.17, 15) is 13.2 Å². The van der Waals surface area contributed by atoms with Crippen LogP contribution in [-0.2, 0) is 21.4 Å². The van der Waals surface area contributed by atoms with Gasteiger partial charge in [-0.2, -0.15) is 4.31 Å². The van der Waals surface area contributed by atoms with Crippen LogP contribution in [0, 0.1) is 6.92 Å². The number of carbonyl (C=O) groups excluding carboxylic acids is 1. The quantitative estimate of drug-likeness (QED) is 0.605. The molecule has 0 atom stereocenters. The molecule has 0 N–H and O–H groups in total. The number of methoxy groups -OCH3 is 1. The molecule has 0 bridgehead atoms. The van der Waals surface area contributed by atoms with Crippen LogP contribution in [0.5, 0.6) is 5.75 Å². The van der Waals surface area contributed by atoms with Crippen LogP contribution < -0.4 is 4.74 Å². The molecule has 0 saturated carbocycles. The fourth-order valence-electron chi connectivity index (χ4n) is 2.69. The summed E-state index contributed by atoms with van der Waals surface area (Å²) in [6, 6.07) is 13.9. The molecule has 6 nitrogen and oxygen atoms in total. The molecule has 0 unspecified atom stereocenters. The third-order valence-corrected chi connectivity index (χ3v) is 6.26. The fourth-order valence-corrected chi connectivity index (χ4v) is 4.05. The molecular weight excluding hydrogens is 376 g/mol. The van der Waals surface area contributed by atoms with Gasteiger partial charge in [-0.3, -0.25) is 4.79 Å². The van der Waals surface area contributed by atoms with Crippen LogP contribution in [0.25, 0.3) is 0 Å². The van der Waals surface area contributed by atoms with Gasteiger partial charge in [0.2, 0.25) is 15.9 Å². The van der Waals surface area contributed by atoms with E-state index in [2.05, 4.69) is 6.58 Å². The van der Waals surface area contributed by atoms with Gasteiger partial charge in [0.05, 0.1) is 18.6 Å². The van der Waals surface area contributed by atoms with Gasteiger partial charge in [0, 0.05) is 20.1 Å². The number of carbonyl (C=O) groups is 1. The van der Waals surface area contributed by atoms with E-state index in [0.717, 1.165) is 15.4 Å². The highest BCUT2D eigenvalue weighted by atomic mass is 32.2. The van der Waals surface area contributed by atoms with E-state index in [0.29, 0.717) is 12.3 Å². The van der Waals surface area contributed by atoms with E-state index in [1.807, 2.05) is 31.2 Å². The summed E-state index contributed by atoms with van der Waals surface area (Å²) < 4.78 is 32.1. The highest BCUT2D eigenvalue weighted by Crippen LogP contribution is 2.20. The molecule has 7 heteroatoms. The van der Waals surface area contributed by atoms with Gasteiger partial charge in [0.25, 0.3) is 0 Å². The van der Waals surface area contributed by atoms with E-state index in [1.165, 1.54) is 30.2 Å². The lowest BCUT2D eigenvalue weighted by Crippen LogP contribution is -2.41. The predicted octanol–water partition coefficient (Wildman–Crippen LogP) is 2.84. The summed E-state index contributed by atoms with van der Waals surface area (Å²) in [7, 11) is -0.661. The molecule has 2 aromatic rings. The Balaban J connectivity index is 2.17. The van der Waals surface area contributed by atoms with Crippen molar-refractivity contribution in [2.24, 2.45) is 0 Å². The van der Waals surface area contributed by atoms with Crippen molar-refractivity contribution in [1.29, 1.82) is 0 Å². The minimum Gasteiger partial charge on any atom is -0.497 e. The predicted molar refractivity (Wildman–Crippen MR) is 110 cm³/mol. The van der Waals surface area contributed by atoms with E-state index in [-0.39, 0.29) is 23.9 Å². The Hall–Kier alpha value is -2.64. The van der Waals surface area contributed by atoms with Crippen LogP contribution in [0.3, 0.4) is 0 Å². The lowest BCUT2D eigenvalue weighted by atomic mass is 10.1. The van der Waals surface area contributed by atoms with Crippen molar-refractivity contribution in [3.63, 3.8) is 0 Å². The Morgan fingerprint density at radius 2 is 1.79 bits per heavy atom. The van der Waals surface area contributed by atoms with Crippen molar-refractivity contribution in [2.45, 2.75) is 18.4 Å². The molecule has 0 saturated heterocycles. The maximum absolute atomic E-state index is 13.0. The Kier molecular flexibility index (Phi) is 7.37. The topological polar surface area (TPSA) is 66.9 Å². The highest BCUT2D eigenvalue weighted by molar-refractivity contribution is 7.89. The highest BCUT2D eigenvalue weighted by Gasteiger charge is 2.27. The van der Waals surface area contributed by atoms with Gasteiger partial charge in [-0.15, -0.1) is 6.58 Å². The summed E-state index contributed by atoms with van der Waals surface area (Å²) in [5, 5.41) is 0. The van der Waals surface area contributed by atoms with Gasteiger partial charge in [0.1, 0.15) is 5.75 Å². The van der Waals surface area contributed by atoms with Crippen LogP contribution in [0.2, 0.25) is 0 Å². The Labute approximate surface area is 167 Å². The zero-order chi connectivity index (χ0) is 20.7. The van der Waals surface area contributed by atoms with Crippen LogP contribution >= 0.6 is 0 Å². The van der Waals surface area contributed by atoms with Crippen molar-refractivity contribution in [3.05, 3.63) is 72.3 Å². The number of amides is 1. The number of benzene rings is 2. The Morgan fingerprint density at radius 1 is 1.14 bits per heavy atom. The molecular formula is C21H26N2O4S. The van der Waals surface area contributed by atoms with E-state index >= 15 is 0 Å². The van der Waals surface area contributed by atoms with Gasteiger partial charge in [-0.25, -0.2) is 8.42 Å². The summed E-state index contributed by atoms with van der Waals surface area (Å²) >= 11 is 0. The average molecular weight is 403 g/mol. The number of nitrogens with zero attached hydrogens (tertiary/aromatic N) is 2. The second-order valence-electron chi connectivity index (χ2n) is 6.44. The summed E-state index contributed by atoms with van der Waals surface area (Å²) in [5.41, 5.74) is 2.10. The van der Waals surface area contributed by atoms with Crippen molar-refractivity contribution in [3.8, 4) is 5.75 Å². The van der Waals surface area contributed by atoms with Crippen molar-refractivity contribution >= 4 is 15.9 Å². The third kappa shape index (κ3) is 5.21. The molecule has 0 aromatic heterocycles. The SMILES string of the molecule is C=CCN(CC(=O)N(C)Cc1ccccc1C)S(=O)(=O)c1ccc(OC)cc1. The van der Waals surface area contributed by atoms with Crippen LogP contribution in [0.4, 0.5) is 0 Å². The summed E-state index contributed by atoms with van der Waals surface area (Å²) in [4.78, 5) is 14.3. The molecule has 2 rings (SSSR count). The lowest BCUT2D eigenvalue weighted by Gasteiger charge is -2.24. The second kappa shape index (κ2) is 9.52. The van der Waals surface area contributed by atoms with Crippen molar-refractivity contribution in [1.82, 2.24) is 9.21 Å². The monoisotopic (exact) mass is 402 g/mol. The molecule has 0 heterocycles. The van der Waals surface area contributed by atoms with Crippen molar-refractivity contribution < 1.29 is 17.9 Å². The molecule has 28 heavy (non-hydrogen) atoms. The zero-order valence-electron chi connectivity index (χ0n) is 16.5. The number of rotatable bonds is 9. The Morgan fingerprint density at radius 3 is 2.36 bits per heavy atom. The first kappa shape index (κ1) is 21.7. The second-order valence-corrected chi connectivity index (χ2v) is 8.38. The fraction of sp³-hybridized carbons (Fsp3) is 0.286. The number of likely N-dealkylation sites (N-methyl/N-ethyl adjacent to an activating group) is 1. The zero-order valence-corrected chi connectivity index (χ0v) is 17.3. The van der Waals surface area contributed by atoms with E-state index in [4.69, 9.17) is 4.74 Å². The first-order valence-corrected chi connectivity index (χ1v) is 10.3. The number of sulfonamides is 1. The van der Waals surface area contributed by atoms with E-state index < -0.39 is 10.0 Å². The average Bonchev–Trinajstić information content (AvgIpc) is 2.69. The van der Waals surface area contributed by atoms with Gasteiger partial charge in [-0.05, 0) is 42.3 Å². The van der Waals surface area contributed by atoms with Crippen LogP contribution in [0.1, 0.15) is 11.1 Å². The number of hydrogen-bond donors (Lipinski definition) is 0. The van der Waals surface area contributed by atoms with Gasteiger partial charge < -0.3 is 9.64 Å². The molecule has 0 aliphatic heterocycles. The van der Waals surface area contributed by atoms with Crippen LogP contribution in [0.15, 0.2) is 66.1 Å². The molecule has 0 fully saturated rings. The molecule has 0 radical (unpaired) electrons. The number of hydrogen-bond acceptors (Lipinski definition) is 4. The van der Waals surface area contributed by atoms with Gasteiger partial charge >= 0.3 is 0 Å². The smallest absolute Gasteiger partial charge is 0.243 e. The first-order valence-electron chi connectivity index (χ1n) is 8.83. The Bertz CT molecular complexity index is 924. The largest absolute Gasteiger partial charge is 0.497 e. The number of aryl methyl sites for hydroxylation is 1. The van der Waals surface area contributed by atoms with Crippen LogP contribution in [-0.4, -0.2) is 50.8 Å². The minimum atomic E-state index is -3.84. The van der Waals surface area contributed by atoms with Crippen molar-refractivity contribution in [2.75, 3.05) is 27.2 Å². The third-order valence-electron chi connectivity index (χ3n) is 4.44.